The molecule has 0 spiro atoms. The molecule has 0 aliphatic carbocycles. The summed E-state index contributed by atoms with van der Waals surface area (Å²) in [6.07, 6.45) is 36.0. The lowest BCUT2D eigenvalue weighted by atomic mass is 10.0. The lowest BCUT2D eigenvalue weighted by Gasteiger charge is -2.06. The number of hydrogen-bond acceptors (Lipinski definition) is 4. The zero-order valence-electron chi connectivity index (χ0n) is 26.0. The van der Waals surface area contributed by atoms with Crippen molar-refractivity contribution in [3.05, 3.63) is 0 Å². The summed E-state index contributed by atoms with van der Waals surface area (Å²) in [5.74, 6) is 0. The van der Waals surface area contributed by atoms with Gasteiger partial charge in [-0.2, -0.15) is 0 Å². The first-order valence-corrected chi connectivity index (χ1v) is 17.3. The van der Waals surface area contributed by atoms with Crippen molar-refractivity contribution in [2.24, 2.45) is 0 Å². The summed E-state index contributed by atoms with van der Waals surface area (Å²) in [6.45, 7) is 6.81. The van der Waals surface area contributed by atoms with Gasteiger partial charge in [0.05, 0.1) is 26.4 Å². The van der Waals surface area contributed by atoms with E-state index in [-0.39, 0.29) is 6.61 Å². The Bertz CT molecular complexity index is 355. The highest BCUT2D eigenvalue weighted by molar-refractivity contribution is 4.51. The molecule has 38 heavy (non-hydrogen) atoms. The van der Waals surface area contributed by atoms with Crippen LogP contribution in [0.4, 0.5) is 0 Å². The quantitative estimate of drug-likeness (QED) is 0.0809. The van der Waals surface area contributed by atoms with Gasteiger partial charge in [-0.25, -0.2) is 0 Å². The van der Waals surface area contributed by atoms with E-state index in [1.807, 2.05) is 0 Å². The topological polar surface area (TPSA) is 47.9 Å². The second kappa shape index (κ2) is 36.8. The molecule has 230 valence electrons. The first-order valence-electron chi connectivity index (χ1n) is 17.3. The van der Waals surface area contributed by atoms with E-state index in [1.165, 1.54) is 161 Å². The monoisotopic (exact) mass is 543 g/mol. The van der Waals surface area contributed by atoms with E-state index in [2.05, 4.69) is 6.92 Å². The predicted molar refractivity (Wildman–Crippen MR) is 165 cm³/mol. The molecule has 0 saturated carbocycles. The normalized spacial score (nSPS) is 11.5. The fourth-order valence-electron chi connectivity index (χ4n) is 5.06. The van der Waals surface area contributed by atoms with E-state index in [0.717, 1.165) is 26.2 Å². The molecule has 0 saturated heterocycles. The molecule has 0 aromatic rings. The number of ether oxygens (including phenoxy) is 3. The summed E-state index contributed by atoms with van der Waals surface area (Å²) in [7, 11) is 0. The summed E-state index contributed by atoms with van der Waals surface area (Å²) in [5.41, 5.74) is 0. The molecule has 1 N–H and O–H groups in total. The highest BCUT2D eigenvalue weighted by atomic mass is 16.5. The van der Waals surface area contributed by atoms with Crippen molar-refractivity contribution in [1.29, 1.82) is 0 Å². The first-order chi connectivity index (χ1) is 18.9. The molecular formula is C34H70O4. The smallest absolute Gasteiger partial charge is 0.0701 e. The number of rotatable bonds is 35. The Morgan fingerprint density at radius 3 is 0.816 bits per heavy atom. The third-order valence-electron chi connectivity index (χ3n) is 7.58. The maximum absolute atomic E-state index is 8.61. The van der Waals surface area contributed by atoms with Crippen LogP contribution in [-0.4, -0.2) is 51.4 Å². The van der Waals surface area contributed by atoms with E-state index in [0.29, 0.717) is 19.8 Å². The van der Waals surface area contributed by atoms with Crippen molar-refractivity contribution in [3.8, 4) is 0 Å². The lowest BCUT2D eigenvalue weighted by Crippen LogP contribution is -2.07. The van der Waals surface area contributed by atoms with Crippen molar-refractivity contribution in [1.82, 2.24) is 0 Å². The maximum Gasteiger partial charge on any atom is 0.0701 e. The minimum atomic E-state index is 0.0913. The molecule has 0 aliphatic rings. The van der Waals surface area contributed by atoms with E-state index in [1.54, 1.807) is 0 Å². The Morgan fingerprint density at radius 1 is 0.289 bits per heavy atom. The van der Waals surface area contributed by atoms with E-state index in [4.69, 9.17) is 19.3 Å². The van der Waals surface area contributed by atoms with Gasteiger partial charge in [-0.15, -0.1) is 0 Å². The van der Waals surface area contributed by atoms with Gasteiger partial charge in [0.1, 0.15) is 0 Å². The summed E-state index contributed by atoms with van der Waals surface area (Å²) in [5, 5.41) is 8.61. The minimum absolute atomic E-state index is 0.0913. The lowest BCUT2D eigenvalue weighted by molar-refractivity contribution is 0.0321. The van der Waals surface area contributed by atoms with Crippen LogP contribution in [0, 0.1) is 0 Å². The zero-order valence-corrected chi connectivity index (χ0v) is 26.0. The Morgan fingerprint density at radius 2 is 0.526 bits per heavy atom. The molecule has 4 heteroatoms. The molecule has 4 nitrogen and oxygen atoms in total. The van der Waals surface area contributed by atoms with Crippen LogP contribution in [-0.2, 0) is 14.2 Å². The summed E-state index contributed by atoms with van der Waals surface area (Å²) in [4.78, 5) is 0. The van der Waals surface area contributed by atoms with Gasteiger partial charge in [0.2, 0.25) is 0 Å². The molecule has 0 rings (SSSR count). The number of aliphatic hydroxyl groups excluding tert-OH is 1. The van der Waals surface area contributed by atoms with Gasteiger partial charge in [0.15, 0.2) is 0 Å². The van der Waals surface area contributed by atoms with Gasteiger partial charge < -0.3 is 19.3 Å². The molecule has 0 unspecified atom stereocenters. The summed E-state index contributed by atoms with van der Waals surface area (Å²) >= 11 is 0. The highest BCUT2D eigenvalue weighted by Crippen LogP contribution is 2.14. The Balaban J connectivity index is 3.01. The van der Waals surface area contributed by atoms with Crippen LogP contribution < -0.4 is 0 Å². The number of unbranched alkanes of at least 4 members (excludes halogenated alkanes) is 24. The fraction of sp³-hybridized carbons (Fsp3) is 1.00. The van der Waals surface area contributed by atoms with Crippen molar-refractivity contribution in [3.63, 3.8) is 0 Å². The third kappa shape index (κ3) is 35.8. The molecule has 0 amide bonds. The average molecular weight is 543 g/mol. The van der Waals surface area contributed by atoms with Crippen molar-refractivity contribution in [2.75, 3.05) is 46.2 Å². The Labute approximate surface area is 239 Å². The van der Waals surface area contributed by atoms with Crippen LogP contribution in [0.5, 0.6) is 0 Å². The molecule has 0 bridgehead atoms. The SMILES string of the molecule is CCCCCCCCCCCCCCCCCCOCCCCCCCCCCCCOCCOCCO. The van der Waals surface area contributed by atoms with Crippen LogP contribution in [0.1, 0.15) is 174 Å². The van der Waals surface area contributed by atoms with Crippen LogP contribution in [0.25, 0.3) is 0 Å². The second-order valence-corrected chi connectivity index (χ2v) is 11.4. The molecule has 0 fully saturated rings. The van der Waals surface area contributed by atoms with Gasteiger partial charge in [0, 0.05) is 19.8 Å². The van der Waals surface area contributed by atoms with Gasteiger partial charge in [-0.1, -0.05) is 155 Å². The predicted octanol–water partition coefficient (Wildman–Crippen LogP) is 10.2. The summed E-state index contributed by atoms with van der Waals surface area (Å²) < 4.78 is 16.5. The molecule has 0 aromatic heterocycles. The van der Waals surface area contributed by atoms with Crippen LogP contribution in [0.3, 0.4) is 0 Å². The fourth-order valence-corrected chi connectivity index (χ4v) is 5.06. The molecule has 0 aromatic carbocycles. The zero-order chi connectivity index (χ0) is 27.5. The standard InChI is InChI=1S/C34H70O4/c1-2-3-4-5-6-7-8-9-10-11-12-13-16-19-22-25-29-36-30-26-23-20-17-14-15-18-21-24-27-31-37-33-34-38-32-28-35/h35H,2-34H2,1H3. The van der Waals surface area contributed by atoms with E-state index < -0.39 is 0 Å². The van der Waals surface area contributed by atoms with Crippen LogP contribution in [0.15, 0.2) is 0 Å². The first kappa shape index (κ1) is 37.8. The molecule has 0 aliphatic heterocycles. The van der Waals surface area contributed by atoms with Gasteiger partial charge in [0.25, 0.3) is 0 Å². The van der Waals surface area contributed by atoms with Crippen molar-refractivity contribution in [2.45, 2.75) is 174 Å². The van der Waals surface area contributed by atoms with Crippen molar-refractivity contribution < 1.29 is 19.3 Å². The van der Waals surface area contributed by atoms with E-state index in [9.17, 15) is 0 Å². The maximum atomic E-state index is 8.61. The highest BCUT2D eigenvalue weighted by Gasteiger charge is 1.97. The number of aliphatic hydroxyl groups is 1. The number of hydrogen-bond donors (Lipinski definition) is 1. The van der Waals surface area contributed by atoms with Crippen LogP contribution in [0.2, 0.25) is 0 Å². The average Bonchev–Trinajstić information content (AvgIpc) is 2.93. The van der Waals surface area contributed by atoms with Crippen LogP contribution >= 0.6 is 0 Å². The molecule has 0 heterocycles. The summed E-state index contributed by atoms with van der Waals surface area (Å²) in [6, 6.07) is 0. The van der Waals surface area contributed by atoms with Crippen molar-refractivity contribution >= 4 is 0 Å². The minimum Gasteiger partial charge on any atom is -0.394 e. The third-order valence-corrected chi connectivity index (χ3v) is 7.58. The van der Waals surface area contributed by atoms with Gasteiger partial charge in [-0.05, 0) is 19.3 Å². The van der Waals surface area contributed by atoms with Gasteiger partial charge >= 0.3 is 0 Å². The largest absolute Gasteiger partial charge is 0.394 e. The second-order valence-electron chi connectivity index (χ2n) is 11.4. The van der Waals surface area contributed by atoms with Gasteiger partial charge in [-0.3, -0.25) is 0 Å². The Hall–Kier alpha value is -0.160. The molecule has 0 atom stereocenters. The molecular weight excluding hydrogens is 472 g/mol. The Kier molecular flexibility index (Phi) is 36.7. The molecule has 0 radical (unpaired) electrons. The van der Waals surface area contributed by atoms with E-state index >= 15 is 0 Å².